The quantitative estimate of drug-likeness (QED) is 0.741. The van der Waals surface area contributed by atoms with Crippen molar-refractivity contribution in [3.05, 3.63) is 53.9 Å². The predicted molar refractivity (Wildman–Crippen MR) is 92.5 cm³/mol. The molecule has 27 heavy (non-hydrogen) atoms. The third kappa shape index (κ3) is 5.53. The van der Waals surface area contributed by atoms with Gasteiger partial charge >= 0.3 is 6.43 Å². The molecule has 0 saturated carbocycles. The number of hydrogen-bond donors (Lipinski definition) is 2. The van der Waals surface area contributed by atoms with Crippen molar-refractivity contribution < 1.29 is 23.1 Å². The van der Waals surface area contributed by atoms with Crippen LogP contribution in [0.3, 0.4) is 0 Å². The van der Waals surface area contributed by atoms with E-state index < -0.39 is 31.2 Å². The smallest absolute Gasteiger partial charge is 0.315 e. The van der Waals surface area contributed by atoms with E-state index in [1.807, 2.05) is 12.1 Å². The first kappa shape index (κ1) is 20.4. The summed E-state index contributed by atoms with van der Waals surface area (Å²) in [6, 6.07) is 10.7. The van der Waals surface area contributed by atoms with E-state index >= 15 is 0 Å². The zero-order valence-corrected chi connectivity index (χ0v) is 14.3. The van der Waals surface area contributed by atoms with Crippen LogP contribution in [-0.2, 0) is 11.2 Å². The average Bonchev–Trinajstić information content (AvgIpc) is 2.70. The summed E-state index contributed by atoms with van der Waals surface area (Å²) in [6.07, 6.45) is -2.13. The molecule has 0 bridgehead atoms. The second kappa shape index (κ2) is 9.69. The molecule has 2 unspecified atom stereocenters. The molecule has 0 saturated heterocycles. The van der Waals surface area contributed by atoms with Crippen LogP contribution in [0.15, 0.2) is 42.6 Å². The van der Waals surface area contributed by atoms with Gasteiger partial charge in [-0.2, -0.15) is 14.0 Å². The van der Waals surface area contributed by atoms with E-state index in [1.165, 1.54) is 12.1 Å². The number of nitrogens with zero attached hydrogens (tertiary/aromatic N) is 2. The second-order valence-corrected chi connectivity index (χ2v) is 5.83. The zero-order chi connectivity index (χ0) is 19.8. The highest BCUT2D eigenvalue weighted by atomic mass is 19.3. The summed E-state index contributed by atoms with van der Waals surface area (Å²) in [4.78, 5) is 15.3. The molecule has 2 rings (SSSR count). The topological polar surface area (TPSA) is 86.0 Å². The Morgan fingerprint density at radius 3 is 2.37 bits per heavy atom. The molecule has 2 atom stereocenters. The third-order valence-corrected chi connectivity index (χ3v) is 3.98. The lowest BCUT2D eigenvalue weighted by atomic mass is 9.99. The van der Waals surface area contributed by atoms with Gasteiger partial charge in [0.1, 0.15) is 12.8 Å². The Morgan fingerprint density at radius 2 is 1.85 bits per heavy atom. The van der Waals surface area contributed by atoms with Crippen molar-refractivity contribution in [3.63, 3.8) is 0 Å². The normalized spacial score (nSPS) is 13.0. The van der Waals surface area contributed by atoms with Crippen LogP contribution in [0.5, 0.6) is 0 Å². The highest BCUT2D eigenvalue weighted by Crippen LogP contribution is 2.24. The fourth-order valence-electron chi connectivity index (χ4n) is 2.48. The summed E-state index contributed by atoms with van der Waals surface area (Å²) in [6.45, 7) is -1.19. The van der Waals surface area contributed by atoms with Crippen LogP contribution >= 0.6 is 0 Å². The van der Waals surface area contributed by atoms with Gasteiger partial charge in [0.25, 0.3) is 5.91 Å². The monoisotopic (exact) mass is 377 g/mol. The van der Waals surface area contributed by atoms with Crippen molar-refractivity contribution in [1.82, 2.24) is 10.3 Å². The number of alkyl halides is 3. The maximum Gasteiger partial charge on any atom is 0.315 e. The van der Waals surface area contributed by atoms with Gasteiger partial charge in [-0.15, -0.1) is 0 Å². The van der Waals surface area contributed by atoms with E-state index in [0.29, 0.717) is 12.8 Å². The van der Waals surface area contributed by atoms with Crippen LogP contribution in [0.4, 0.5) is 13.2 Å². The molecule has 142 valence electrons. The number of amides is 1. The van der Waals surface area contributed by atoms with E-state index in [0.717, 1.165) is 16.8 Å². The Labute approximate surface area is 154 Å². The van der Waals surface area contributed by atoms with Crippen molar-refractivity contribution in [2.75, 3.05) is 6.67 Å². The summed E-state index contributed by atoms with van der Waals surface area (Å²) in [5.74, 6) is -1.63. The number of nitrogens with one attached hydrogen (secondary N) is 1. The summed E-state index contributed by atoms with van der Waals surface area (Å²) < 4.78 is 37.6. The van der Waals surface area contributed by atoms with Crippen LogP contribution in [0.2, 0.25) is 0 Å². The molecular weight excluding hydrogens is 359 g/mol. The van der Waals surface area contributed by atoms with Gasteiger partial charge in [0.05, 0.1) is 12.1 Å². The van der Waals surface area contributed by atoms with Gasteiger partial charge in [-0.05, 0) is 17.2 Å². The lowest BCUT2D eigenvalue weighted by Gasteiger charge is -2.22. The maximum atomic E-state index is 13.0. The number of aliphatic hydroxyl groups excluding tert-OH is 1. The van der Waals surface area contributed by atoms with Crippen molar-refractivity contribution in [1.29, 1.82) is 5.26 Å². The Morgan fingerprint density at radius 1 is 1.19 bits per heavy atom. The minimum absolute atomic E-state index is 0.287. The summed E-state index contributed by atoms with van der Waals surface area (Å²) in [5, 5.41) is 20.5. The molecular formula is C19H18F3N3O2. The number of pyridine rings is 1. The molecule has 0 spiro atoms. The van der Waals surface area contributed by atoms with Gasteiger partial charge in [0.2, 0.25) is 0 Å². The number of rotatable bonds is 8. The third-order valence-electron chi connectivity index (χ3n) is 3.98. The molecule has 1 aromatic carbocycles. The van der Waals surface area contributed by atoms with Crippen molar-refractivity contribution in [3.8, 4) is 17.2 Å². The predicted octanol–water partition coefficient (Wildman–Crippen LogP) is 2.96. The van der Waals surface area contributed by atoms with Crippen molar-refractivity contribution in [2.24, 2.45) is 0 Å². The Balaban J connectivity index is 2.09. The first-order valence-electron chi connectivity index (χ1n) is 8.21. The molecule has 0 radical (unpaired) electrons. The molecule has 1 heterocycles. The highest BCUT2D eigenvalue weighted by molar-refractivity contribution is 5.79. The number of nitriles is 1. The Hall–Kier alpha value is -2.92. The van der Waals surface area contributed by atoms with Crippen molar-refractivity contribution >= 4 is 5.91 Å². The Bertz CT molecular complexity index is 789. The largest absolute Gasteiger partial charge is 0.386 e. The maximum absolute atomic E-state index is 13.0. The van der Waals surface area contributed by atoms with Crippen LogP contribution in [0.1, 0.15) is 23.8 Å². The molecule has 0 aliphatic rings. The molecule has 0 aliphatic carbocycles. The van der Waals surface area contributed by atoms with Crippen LogP contribution < -0.4 is 5.32 Å². The molecule has 2 aromatic rings. The van der Waals surface area contributed by atoms with Gasteiger partial charge in [-0.1, -0.05) is 30.3 Å². The van der Waals surface area contributed by atoms with E-state index in [2.05, 4.69) is 11.1 Å². The zero-order valence-electron chi connectivity index (χ0n) is 14.3. The Kier molecular flexibility index (Phi) is 7.32. The minimum Gasteiger partial charge on any atom is -0.386 e. The molecule has 1 amide bonds. The van der Waals surface area contributed by atoms with Crippen molar-refractivity contribution in [2.45, 2.75) is 31.4 Å². The number of carbonyl (C=O) groups is 1. The number of aromatic nitrogens is 1. The number of halogens is 3. The number of aliphatic hydroxyl groups is 1. The van der Waals surface area contributed by atoms with Gasteiger partial charge in [0.15, 0.2) is 0 Å². The fourth-order valence-corrected chi connectivity index (χ4v) is 2.48. The molecule has 0 aliphatic heterocycles. The van der Waals surface area contributed by atoms with Gasteiger partial charge in [0, 0.05) is 30.3 Å². The molecule has 0 fully saturated rings. The first-order valence-corrected chi connectivity index (χ1v) is 8.21. The van der Waals surface area contributed by atoms with Gasteiger partial charge in [-0.3, -0.25) is 9.78 Å². The fraction of sp³-hybridized carbons (Fsp3) is 0.316. The van der Waals surface area contributed by atoms with Gasteiger partial charge in [-0.25, -0.2) is 4.39 Å². The summed E-state index contributed by atoms with van der Waals surface area (Å²) >= 11 is 0. The summed E-state index contributed by atoms with van der Waals surface area (Å²) in [5.41, 5.74) is 2.69. The van der Waals surface area contributed by atoms with Crippen LogP contribution in [-0.4, -0.2) is 35.1 Å². The number of benzene rings is 1. The standard InChI is InChI=1S/C19H18F3N3O2/c20-10-16(25-19(27)18(21)22)17(26)13-5-3-12(4-6-13)14-7-8-15(24-11-14)2-1-9-23/h3-8,11,16-18,26H,1-2,10H2,(H,25,27). The van der Waals surface area contributed by atoms with Gasteiger partial charge < -0.3 is 10.4 Å². The highest BCUT2D eigenvalue weighted by Gasteiger charge is 2.26. The average molecular weight is 377 g/mol. The second-order valence-electron chi connectivity index (χ2n) is 5.83. The molecule has 5 nitrogen and oxygen atoms in total. The lowest BCUT2D eigenvalue weighted by molar-refractivity contribution is -0.133. The molecule has 8 heteroatoms. The number of hydrogen-bond acceptors (Lipinski definition) is 4. The first-order chi connectivity index (χ1) is 13.0. The van der Waals surface area contributed by atoms with E-state index in [9.17, 15) is 23.1 Å². The number of carbonyl (C=O) groups excluding carboxylic acids is 1. The summed E-state index contributed by atoms with van der Waals surface area (Å²) in [7, 11) is 0. The van der Waals surface area contributed by atoms with Crippen LogP contribution in [0, 0.1) is 11.3 Å². The van der Waals surface area contributed by atoms with E-state index in [1.54, 1.807) is 23.6 Å². The van der Waals surface area contributed by atoms with E-state index in [4.69, 9.17) is 5.26 Å². The SMILES string of the molecule is N#CCCc1ccc(-c2ccc(C(O)C(CF)NC(=O)C(F)F)cc2)cn1. The van der Waals surface area contributed by atoms with E-state index in [-0.39, 0.29) is 5.56 Å². The molecule has 1 aromatic heterocycles. The minimum atomic E-state index is -3.28. The lowest BCUT2D eigenvalue weighted by Crippen LogP contribution is -2.43. The molecule has 2 N–H and O–H groups in total. The van der Waals surface area contributed by atoms with Crippen LogP contribution in [0.25, 0.3) is 11.1 Å². The number of aryl methyl sites for hydroxylation is 1.